The second-order valence-electron chi connectivity index (χ2n) is 3.57. The molecule has 0 radical (unpaired) electrons. The summed E-state index contributed by atoms with van der Waals surface area (Å²) in [5, 5.41) is 3.44. The van der Waals surface area contributed by atoms with Crippen LogP contribution in [-0.2, 0) is 0 Å². The minimum atomic E-state index is 0.966. The zero-order valence-electron chi connectivity index (χ0n) is 9.03. The Hall–Kier alpha value is -0.0400. The van der Waals surface area contributed by atoms with Crippen LogP contribution in [-0.4, -0.2) is 13.1 Å². The molecule has 0 fully saturated rings. The predicted octanol–water partition coefficient (Wildman–Crippen LogP) is 3.20. The molecule has 0 spiro atoms. The first-order chi connectivity index (χ1) is 5.85. The summed E-state index contributed by atoms with van der Waals surface area (Å²) in [6.45, 7) is 9.21. The van der Waals surface area contributed by atoms with Gasteiger partial charge in [-0.2, -0.15) is 0 Å². The SMILES string of the molecule is CCCNCCCC(CC)CC. The van der Waals surface area contributed by atoms with Gasteiger partial charge in [-0.25, -0.2) is 0 Å². The third-order valence-electron chi connectivity index (χ3n) is 2.55. The minimum Gasteiger partial charge on any atom is -0.317 e. The van der Waals surface area contributed by atoms with Crippen molar-refractivity contribution in [2.75, 3.05) is 13.1 Å². The third kappa shape index (κ3) is 6.66. The molecular weight excluding hydrogens is 146 g/mol. The normalized spacial score (nSPS) is 11.0. The second kappa shape index (κ2) is 9.05. The van der Waals surface area contributed by atoms with Gasteiger partial charge in [0, 0.05) is 0 Å². The smallest absolute Gasteiger partial charge is 0.00488 e. The summed E-state index contributed by atoms with van der Waals surface area (Å²) in [7, 11) is 0. The Morgan fingerprint density at radius 3 is 2.17 bits per heavy atom. The van der Waals surface area contributed by atoms with Gasteiger partial charge in [0.2, 0.25) is 0 Å². The molecule has 0 aromatic carbocycles. The van der Waals surface area contributed by atoms with Gasteiger partial charge in [0.05, 0.1) is 0 Å². The predicted molar refractivity (Wildman–Crippen MR) is 56.5 cm³/mol. The second-order valence-corrected chi connectivity index (χ2v) is 3.57. The lowest BCUT2D eigenvalue weighted by Gasteiger charge is -2.11. The van der Waals surface area contributed by atoms with Gasteiger partial charge in [0.1, 0.15) is 0 Å². The van der Waals surface area contributed by atoms with E-state index in [1.54, 1.807) is 0 Å². The molecule has 1 nitrogen and oxygen atoms in total. The summed E-state index contributed by atoms with van der Waals surface area (Å²) in [5.74, 6) is 0.966. The van der Waals surface area contributed by atoms with Gasteiger partial charge in [0.15, 0.2) is 0 Å². The summed E-state index contributed by atoms with van der Waals surface area (Å²) in [6.07, 6.45) is 6.72. The van der Waals surface area contributed by atoms with Crippen LogP contribution in [0.5, 0.6) is 0 Å². The maximum Gasteiger partial charge on any atom is -0.00488 e. The zero-order valence-corrected chi connectivity index (χ0v) is 9.03. The summed E-state index contributed by atoms with van der Waals surface area (Å²) < 4.78 is 0. The molecule has 1 N–H and O–H groups in total. The lowest BCUT2D eigenvalue weighted by molar-refractivity contribution is 0.433. The molecule has 0 atom stereocenters. The van der Waals surface area contributed by atoms with Gasteiger partial charge in [-0.1, -0.05) is 33.6 Å². The van der Waals surface area contributed by atoms with Crippen LogP contribution in [0.2, 0.25) is 0 Å². The van der Waals surface area contributed by atoms with E-state index in [2.05, 4.69) is 26.1 Å². The van der Waals surface area contributed by atoms with Crippen molar-refractivity contribution in [1.82, 2.24) is 5.32 Å². The largest absolute Gasteiger partial charge is 0.317 e. The van der Waals surface area contributed by atoms with Crippen LogP contribution in [0.4, 0.5) is 0 Å². The molecule has 0 aliphatic heterocycles. The van der Waals surface area contributed by atoms with Crippen LogP contribution in [0.3, 0.4) is 0 Å². The van der Waals surface area contributed by atoms with Crippen LogP contribution in [0.25, 0.3) is 0 Å². The molecule has 0 aliphatic rings. The van der Waals surface area contributed by atoms with E-state index in [4.69, 9.17) is 0 Å². The molecule has 0 rings (SSSR count). The van der Waals surface area contributed by atoms with Crippen molar-refractivity contribution in [2.24, 2.45) is 5.92 Å². The molecule has 0 aliphatic carbocycles. The molecule has 0 bridgehead atoms. The van der Waals surface area contributed by atoms with E-state index in [0.717, 1.165) is 5.92 Å². The van der Waals surface area contributed by atoms with Crippen molar-refractivity contribution in [1.29, 1.82) is 0 Å². The van der Waals surface area contributed by atoms with Gasteiger partial charge in [-0.15, -0.1) is 0 Å². The molecule has 0 aromatic rings. The molecule has 1 heteroatoms. The first kappa shape index (κ1) is 12.0. The van der Waals surface area contributed by atoms with Crippen LogP contribution in [0.1, 0.15) is 52.9 Å². The maximum absolute atomic E-state index is 3.44. The average molecular weight is 171 g/mol. The Kier molecular flexibility index (Phi) is 9.02. The molecule has 0 amide bonds. The standard InChI is InChI=1S/C11H25N/c1-4-9-12-10-7-8-11(5-2)6-3/h11-12H,4-10H2,1-3H3. The molecule has 74 valence electrons. The van der Waals surface area contributed by atoms with Gasteiger partial charge in [-0.05, 0) is 38.3 Å². The van der Waals surface area contributed by atoms with Crippen LogP contribution in [0, 0.1) is 5.92 Å². The minimum absolute atomic E-state index is 0.966. The average Bonchev–Trinajstić information content (AvgIpc) is 2.11. The molecule has 0 aromatic heterocycles. The lowest BCUT2D eigenvalue weighted by atomic mass is 9.98. The number of hydrogen-bond donors (Lipinski definition) is 1. The molecule has 0 saturated heterocycles. The van der Waals surface area contributed by atoms with E-state index < -0.39 is 0 Å². The van der Waals surface area contributed by atoms with E-state index in [9.17, 15) is 0 Å². The quantitative estimate of drug-likeness (QED) is 0.553. The molecular formula is C11H25N. The number of hydrogen-bond acceptors (Lipinski definition) is 1. The summed E-state index contributed by atoms with van der Waals surface area (Å²) in [5.41, 5.74) is 0. The van der Waals surface area contributed by atoms with Crippen LogP contribution >= 0.6 is 0 Å². The fourth-order valence-electron chi connectivity index (χ4n) is 1.51. The summed E-state index contributed by atoms with van der Waals surface area (Å²) >= 11 is 0. The lowest BCUT2D eigenvalue weighted by Crippen LogP contribution is -2.16. The highest BCUT2D eigenvalue weighted by atomic mass is 14.8. The van der Waals surface area contributed by atoms with Gasteiger partial charge >= 0.3 is 0 Å². The highest BCUT2D eigenvalue weighted by molar-refractivity contribution is 4.56. The molecule has 0 heterocycles. The Balaban J connectivity index is 3.06. The third-order valence-corrected chi connectivity index (χ3v) is 2.55. The fraction of sp³-hybridized carbons (Fsp3) is 1.00. The Labute approximate surface area is 77.9 Å². The van der Waals surface area contributed by atoms with Crippen molar-refractivity contribution < 1.29 is 0 Å². The Morgan fingerprint density at radius 1 is 1.00 bits per heavy atom. The van der Waals surface area contributed by atoms with Crippen molar-refractivity contribution >= 4 is 0 Å². The number of rotatable bonds is 8. The van der Waals surface area contributed by atoms with Crippen LogP contribution < -0.4 is 5.32 Å². The van der Waals surface area contributed by atoms with Gasteiger partial charge in [-0.3, -0.25) is 0 Å². The monoisotopic (exact) mass is 171 g/mol. The van der Waals surface area contributed by atoms with Gasteiger partial charge < -0.3 is 5.32 Å². The van der Waals surface area contributed by atoms with Crippen molar-refractivity contribution in [2.45, 2.75) is 52.9 Å². The molecule has 12 heavy (non-hydrogen) atoms. The van der Waals surface area contributed by atoms with Crippen molar-refractivity contribution in [3.63, 3.8) is 0 Å². The van der Waals surface area contributed by atoms with Gasteiger partial charge in [0.25, 0.3) is 0 Å². The highest BCUT2D eigenvalue weighted by Crippen LogP contribution is 2.13. The first-order valence-electron chi connectivity index (χ1n) is 5.55. The summed E-state index contributed by atoms with van der Waals surface area (Å²) in [6, 6.07) is 0. The highest BCUT2D eigenvalue weighted by Gasteiger charge is 2.01. The summed E-state index contributed by atoms with van der Waals surface area (Å²) in [4.78, 5) is 0. The molecule has 0 unspecified atom stereocenters. The zero-order chi connectivity index (χ0) is 9.23. The molecule has 0 saturated carbocycles. The topological polar surface area (TPSA) is 12.0 Å². The van der Waals surface area contributed by atoms with Crippen LogP contribution in [0.15, 0.2) is 0 Å². The Bertz CT molecular complexity index is 77.1. The van der Waals surface area contributed by atoms with E-state index in [1.807, 2.05) is 0 Å². The van der Waals surface area contributed by atoms with E-state index >= 15 is 0 Å². The Morgan fingerprint density at radius 2 is 1.67 bits per heavy atom. The van der Waals surface area contributed by atoms with E-state index in [1.165, 1.54) is 45.2 Å². The fourth-order valence-corrected chi connectivity index (χ4v) is 1.51. The van der Waals surface area contributed by atoms with Crippen molar-refractivity contribution in [3.8, 4) is 0 Å². The maximum atomic E-state index is 3.44. The van der Waals surface area contributed by atoms with E-state index in [0.29, 0.717) is 0 Å². The van der Waals surface area contributed by atoms with E-state index in [-0.39, 0.29) is 0 Å². The first-order valence-corrected chi connectivity index (χ1v) is 5.55. The number of nitrogens with one attached hydrogen (secondary N) is 1. The van der Waals surface area contributed by atoms with Crippen molar-refractivity contribution in [3.05, 3.63) is 0 Å².